The zero-order chi connectivity index (χ0) is 13.7. The zero-order valence-electron chi connectivity index (χ0n) is 11.0. The predicted molar refractivity (Wildman–Crippen MR) is 66.2 cm³/mol. The summed E-state index contributed by atoms with van der Waals surface area (Å²) in [6.07, 6.45) is 5.97. The molecule has 3 fully saturated rings. The minimum absolute atomic E-state index is 0.0871. The molecule has 1 saturated heterocycles. The van der Waals surface area contributed by atoms with Crippen LogP contribution in [0.5, 0.6) is 0 Å². The number of amides is 2. The smallest absolute Gasteiger partial charge is 0.305 e. The van der Waals surface area contributed by atoms with Crippen LogP contribution in [0.4, 0.5) is 0 Å². The summed E-state index contributed by atoms with van der Waals surface area (Å²) in [6, 6.07) is 0. The molecule has 0 atom stereocenters. The third kappa shape index (κ3) is 1.70. The Bertz CT molecular complexity index is 446. The molecule has 19 heavy (non-hydrogen) atoms. The molecule has 1 spiro atoms. The number of aliphatic carboxylic acids is 1. The molecule has 2 saturated carbocycles. The molecule has 2 aliphatic carbocycles. The molecule has 0 aromatic rings. The van der Waals surface area contributed by atoms with Crippen LogP contribution < -0.4 is 0 Å². The molecule has 0 aromatic carbocycles. The molecule has 0 bridgehead atoms. The second-order valence-electron chi connectivity index (χ2n) is 6.35. The molecule has 2 amide bonds. The van der Waals surface area contributed by atoms with Gasteiger partial charge in [0.05, 0.1) is 17.4 Å². The number of nitrogens with zero attached hydrogens (tertiary/aromatic N) is 1. The Morgan fingerprint density at radius 3 is 2.21 bits per heavy atom. The van der Waals surface area contributed by atoms with Gasteiger partial charge in [0.15, 0.2) is 0 Å². The summed E-state index contributed by atoms with van der Waals surface area (Å²) in [7, 11) is 0. The fourth-order valence-corrected chi connectivity index (χ4v) is 4.06. The highest BCUT2D eigenvalue weighted by molar-refractivity contribution is 6.07. The van der Waals surface area contributed by atoms with Crippen LogP contribution in [0.25, 0.3) is 0 Å². The van der Waals surface area contributed by atoms with E-state index >= 15 is 0 Å². The molecule has 5 heteroatoms. The van der Waals surface area contributed by atoms with Crippen LogP contribution in [-0.2, 0) is 14.4 Å². The Labute approximate surface area is 112 Å². The summed E-state index contributed by atoms with van der Waals surface area (Å²) >= 11 is 0. The highest BCUT2D eigenvalue weighted by Crippen LogP contribution is 2.52. The van der Waals surface area contributed by atoms with Crippen molar-refractivity contribution in [1.29, 1.82) is 0 Å². The van der Waals surface area contributed by atoms with Gasteiger partial charge in [-0.2, -0.15) is 0 Å². The van der Waals surface area contributed by atoms with E-state index in [0.29, 0.717) is 19.3 Å². The van der Waals surface area contributed by atoms with Crippen LogP contribution in [-0.4, -0.2) is 33.3 Å². The van der Waals surface area contributed by atoms with Gasteiger partial charge in [-0.15, -0.1) is 0 Å². The summed E-state index contributed by atoms with van der Waals surface area (Å²) in [4.78, 5) is 37.3. The number of rotatable bonds is 3. The fraction of sp³-hybridized carbons (Fsp3) is 0.786. The fourth-order valence-electron chi connectivity index (χ4n) is 4.06. The molecular formula is C14H19NO4. The van der Waals surface area contributed by atoms with Crippen molar-refractivity contribution >= 4 is 17.8 Å². The Morgan fingerprint density at radius 2 is 1.74 bits per heavy atom. The van der Waals surface area contributed by atoms with Gasteiger partial charge >= 0.3 is 5.97 Å². The molecule has 3 rings (SSSR count). The lowest BCUT2D eigenvalue weighted by atomic mass is 9.72. The monoisotopic (exact) mass is 265 g/mol. The first-order chi connectivity index (χ1) is 8.99. The third-order valence-electron chi connectivity index (χ3n) is 5.20. The first-order valence-corrected chi connectivity index (χ1v) is 7.09. The summed E-state index contributed by atoms with van der Waals surface area (Å²) in [6.45, 7) is 0. The van der Waals surface area contributed by atoms with Crippen molar-refractivity contribution < 1.29 is 19.5 Å². The van der Waals surface area contributed by atoms with E-state index in [1.807, 2.05) is 0 Å². The van der Waals surface area contributed by atoms with Crippen molar-refractivity contribution in [3.63, 3.8) is 0 Å². The van der Waals surface area contributed by atoms with Crippen molar-refractivity contribution in [2.24, 2.45) is 5.41 Å². The molecule has 0 radical (unpaired) electrons. The maximum Gasteiger partial charge on any atom is 0.305 e. The summed E-state index contributed by atoms with van der Waals surface area (Å²) in [5.74, 6) is -1.16. The van der Waals surface area contributed by atoms with Crippen molar-refractivity contribution in [2.75, 3.05) is 0 Å². The van der Waals surface area contributed by atoms with Crippen LogP contribution in [0.2, 0.25) is 0 Å². The molecule has 0 unspecified atom stereocenters. The van der Waals surface area contributed by atoms with Crippen LogP contribution in [0.1, 0.15) is 57.8 Å². The highest BCUT2D eigenvalue weighted by atomic mass is 16.4. The summed E-state index contributed by atoms with van der Waals surface area (Å²) < 4.78 is 0. The minimum atomic E-state index is -0.923. The molecule has 3 aliphatic rings. The molecular weight excluding hydrogens is 246 g/mol. The van der Waals surface area contributed by atoms with Crippen LogP contribution >= 0.6 is 0 Å². The van der Waals surface area contributed by atoms with Gasteiger partial charge in [0.1, 0.15) is 0 Å². The molecule has 0 aromatic heterocycles. The van der Waals surface area contributed by atoms with E-state index in [2.05, 4.69) is 0 Å². The van der Waals surface area contributed by atoms with E-state index in [4.69, 9.17) is 5.11 Å². The number of likely N-dealkylation sites (tertiary alicyclic amines) is 1. The average Bonchev–Trinajstić information content (AvgIpc) is 2.82. The van der Waals surface area contributed by atoms with Crippen molar-refractivity contribution in [1.82, 2.24) is 4.90 Å². The van der Waals surface area contributed by atoms with Crippen LogP contribution in [0.15, 0.2) is 0 Å². The first-order valence-electron chi connectivity index (χ1n) is 7.09. The molecule has 1 N–H and O–H groups in total. The number of carboxylic acids is 1. The van der Waals surface area contributed by atoms with E-state index in [-0.39, 0.29) is 18.2 Å². The summed E-state index contributed by atoms with van der Waals surface area (Å²) in [5.41, 5.74) is -1.20. The van der Waals surface area contributed by atoms with Crippen molar-refractivity contribution in [3.05, 3.63) is 0 Å². The number of imide groups is 1. The van der Waals surface area contributed by atoms with E-state index in [1.54, 1.807) is 0 Å². The second kappa shape index (κ2) is 4.05. The number of carboxylic acid groups (broad SMARTS) is 1. The SMILES string of the molecule is O=C(O)CC1(N2C(=O)CC3(CCCC3)C2=O)CCC1. The standard InChI is InChI=1S/C14H19NO4/c16-10-8-13(4-1-2-5-13)12(19)15(10)14(6-3-7-14)9-11(17)18/h1-9H2,(H,17,18). The molecule has 5 nitrogen and oxygen atoms in total. The Morgan fingerprint density at radius 1 is 1.11 bits per heavy atom. The third-order valence-corrected chi connectivity index (χ3v) is 5.20. The topological polar surface area (TPSA) is 74.7 Å². The van der Waals surface area contributed by atoms with Crippen LogP contribution in [0, 0.1) is 5.41 Å². The lowest BCUT2D eigenvalue weighted by molar-refractivity contribution is -0.157. The minimum Gasteiger partial charge on any atom is -0.481 e. The van der Waals surface area contributed by atoms with E-state index in [9.17, 15) is 14.4 Å². The molecule has 1 aliphatic heterocycles. The van der Waals surface area contributed by atoms with Gasteiger partial charge in [0.2, 0.25) is 11.8 Å². The second-order valence-corrected chi connectivity index (χ2v) is 6.35. The van der Waals surface area contributed by atoms with Gasteiger partial charge in [-0.1, -0.05) is 12.8 Å². The number of hydrogen-bond donors (Lipinski definition) is 1. The van der Waals surface area contributed by atoms with Gasteiger partial charge in [0.25, 0.3) is 0 Å². The normalized spacial score (nSPS) is 27.9. The molecule has 1 heterocycles. The van der Waals surface area contributed by atoms with Gasteiger partial charge in [-0.05, 0) is 32.1 Å². The van der Waals surface area contributed by atoms with Crippen molar-refractivity contribution in [3.8, 4) is 0 Å². The van der Waals surface area contributed by atoms with Gasteiger partial charge in [-0.25, -0.2) is 0 Å². The Hall–Kier alpha value is -1.39. The zero-order valence-corrected chi connectivity index (χ0v) is 11.0. The van der Waals surface area contributed by atoms with E-state index in [0.717, 1.165) is 32.1 Å². The van der Waals surface area contributed by atoms with Gasteiger partial charge < -0.3 is 5.11 Å². The Kier molecular flexibility index (Phi) is 2.69. The van der Waals surface area contributed by atoms with Crippen LogP contribution in [0.3, 0.4) is 0 Å². The average molecular weight is 265 g/mol. The van der Waals surface area contributed by atoms with Gasteiger partial charge in [-0.3, -0.25) is 19.3 Å². The van der Waals surface area contributed by atoms with E-state index < -0.39 is 16.9 Å². The maximum absolute atomic E-state index is 12.7. The van der Waals surface area contributed by atoms with E-state index in [1.165, 1.54) is 4.90 Å². The number of hydrogen-bond acceptors (Lipinski definition) is 3. The first kappa shape index (κ1) is 12.6. The lowest BCUT2D eigenvalue weighted by Crippen LogP contribution is -2.58. The Balaban J connectivity index is 1.90. The summed E-state index contributed by atoms with van der Waals surface area (Å²) in [5, 5.41) is 9.05. The molecule has 104 valence electrons. The maximum atomic E-state index is 12.7. The van der Waals surface area contributed by atoms with Crippen molar-refractivity contribution in [2.45, 2.75) is 63.3 Å². The largest absolute Gasteiger partial charge is 0.481 e. The lowest BCUT2D eigenvalue weighted by Gasteiger charge is -2.47. The number of carbonyl (C=O) groups is 3. The highest BCUT2D eigenvalue weighted by Gasteiger charge is 2.60. The number of carbonyl (C=O) groups excluding carboxylic acids is 2. The van der Waals surface area contributed by atoms with Gasteiger partial charge in [0, 0.05) is 6.42 Å². The quantitative estimate of drug-likeness (QED) is 0.788. The predicted octanol–water partition coefficient (Wildman–Crippen LogP) is 1.70.